The molecule has 6 nitrogen and oxygen atoms in total. The average Bonchev–Trinajstić information content (AvgIpc) is 3.13. The monoisotopic (exact) mass is 383 g/mol. The molecule has 0 aliphatic carbocycles. The number of primary amides is 1. The van der Waals surface area contributed by atoms with E-state index in [4.69, 9.17) is 10.5 Å². The Morgan fingerprint density at radius 2 is 2.04 bits per heavy atom. The fraction of sp³-hybridized carbons (Fsp3) is 0.188. The van der Waals surface area contributed by atoms with Crippen LogP contribution in [0.25, 0.3) is 15.9 Å². The van der Waals surface area contributed by atoms with Gasteiger partial charge in [-0.2, -0.15) is 18.3 Å². The third kappa shape index (κ3) is 3.40. The van der Waals surface area contributed by atoms with Crippen molar-refractivity contribution in [2.45, 2.75) is 13.1 Å². The maximum Gasteiger partial charge on any atom is 0.416 e. The predicted octanol–water partition coefficient (Wildman–Crippen LogP) is 3.06. The number of esters is 1. The van der Waals surface area contributed by atoms with Gasteiger partial charge >= 0.3 is 12.1 Å². The van der Waals surface area contributed by atoms with Crippen LogP contribution >= 0.6 is 11.3 Å². The standard InChI is InChI=1S/C16H12F3N3O3S/c1-8-11-6-12(15(24)25-7-13(20)23)26-14(11)22(21-8)10-4-2-3-9(5-10)16(17,18)19/h2-6H,7H2,1H3,(H2,20,23). The van der Waals surface area contributed by atoms with Crippen molar-refractivity contribution in [2.24, 2.45) is 5.73 Å². The first kappa shape index (κ1) is 17.9. The van der Waals surface area contributed by atoms with Crippen LogP contribution in [0.5, 0.6) is 0 Å². The van der Waals surface area contributed by atoms with Gasteiger partial charge < -0.3 is 10.5 Å². The highest BCUT2D eigenvalue weighted by Gasteiger charge is 2.31. The quantitative estimate of drug-likeness (QED) is 0.702. The van der Waals surface area contributed by atoms with Crippen LogP contribution in [0.15, 0.2) is 30.3 Å². The van der Waals surface area contributed by atoms with Crippen molar-refractivity contribution in [1.82, 2.24) is 9.78 Å². The molecule has 0 saturated carbocycles. The summed E-state index contributed by atoms with van der Waals surface area (Å²) in [6, 6.07) is 6.26. The van der Waals surface area contributed by atoms with Crippen molar-refractivity contribution < 1.29 is 27.5 Å². The fourth-order valence-electron chi connectivity index (χ4n) is 2.34. The number of hydrogen-bond acceptors (Lipinski definition) is 5. The van der Waals surface area contributed by atoms with E-state index < -0.39 is 30.2 Å². The summed E-state index contributed by atoms with van der Waals surface area (Å²) >= 11 is 1.01. The molecule has 26 heavy (non-hydrogen) atoms. The van der Waals surface area contributed by atoms with E-state index in [-0.39, 0.29) is 10.6 Å². The highest BCUT2D eigenvalue weighted by Crippen LogP contribution is 2.33. The number of thiophene rings is 1. The smallest absolute Gasteiger partial charge is 0.416 e. The van der Waals surface area contributed by atoms with Crippen molar-refractivity contribution >= 4 is 33.4 Å². The number of nitrogens with zero attached hydrogens (tertiary/aromatic N) is 2. The number of hydrogen-bond donors (Lipinski definition) is 1. The van der Waals surface area contributed by atoms with Crippen molar-refractivity contribution in [1.29, 1.82) is 0 Å². The van der Waals surface area contributed by atoms with E-state index in [0.717, 1.165) is 23.5 Å². The van der Waals surface area contributed by atoms with Crippen LogP contribution < -0.4 is 5.73 Å². The number of alkyl halides is 3. The summed E-state index contributed by atoms with van der Waals surface area (Å²) in [5.41, 5.74) is 4.89. The Balaban J connectivity index is 2.03. The molecule has 2 heterocycles. The summed E-state index contributed by atoms with van der Waals surface area (Å²) in [7, 11) is 0. The third-order valence-corrected chi connectivity index (χ3v) is 4.60. The fourth-order valence-corrected chi connectivity index (χ4v) is 3.42. The predicted molar refractivity (Wildman–Crippen MR) is 88.2 cm³/mol. The summed E-state index contributed by atoms with van der Waals surface area (Å²) in [4.78, 5) is 23.4. The zero-order chi connectivity index (χ0) is 19.1. The van der Waals surface area contributed by atoms with E-state index in [9.17, 15) is 22.8 Å². The number of aryl methyl sites for hydroxylation is 1. The zero-order valence-electron chi connectivity index (χ0n) is 13.3. The molecule has 136 valence electrons. The van der Waals surface area contributed by atoms with Crippen LogP contribution in [0.3, 0.4) is 0 Å². The summed E-state index contributed by atoms with van der Waals surface area (Å²) in [5.74, 6) is -1.52. The third-order valence-electron chi connectivity index (χ3n) is 3.51. The number of halogens is 3. The highest BCUT2D eigenvalue weighted by atomic mass is 32.1. The molecule has 2 aromatic heterocycles. The second-order valence-corrected chi connectivity index (χ2v) is 6.45. The van der Waals surface area contributed by atoms with Crippen molar-refractivity contribution in [2.75, 3.05) is 6.61 Å². The molecule has 3 aromatic rings. The number of benzene rings is 1. The summed E-state index contributed by atoms with van der Waals surface area (Å²) < 4.78 is 44.9. The Morgan fingerprint density at radius 1 is 1.31 bits per heavy atom. The molecule has 0 fully saturated rings. The van der Waals surface area contributed by atoms with Gasteiger partial charge in [-0.15, -0.1) is 11.3 Å². The first-order chi connectivity index (χ1) is 12.2. The molecule has 0 aliphatic heterocycles. The molecule has 1 amide bonds. The molecule has 0 aliphatic rings. The van der Waals surface area contributed by atoms with Crippen LogP contribution in [0, 0.1) is 6.92 Å². The lowest BCUT2D eigenvalue weighted by Gasteiger charge is -2.09. The number of carbonyl (C=O) groups is 2. The Morgan fingerprint density at radius 3 is 2.69 bits per heavy atom. The second kappa shape index (κ2) is 6.45. The van der Waals surface area contributed by atoms with Gasteiger partial charge in [0, 0.05) is 5.39 Å². The Hall–Kier alpha value is -2.88. The van der Waals surface area contributed by atoms with Crippen molar-refractivity contribution in [3.63, 3.8) is 0 Å². The number of rotatable bonds is 4. The van der Waals surface area contributed by atoms with Gasteiger partial charge in [0.1, 0.15) is 9.71 Å². The first-order valence-corrected chi connectivity index (χ1v) is 8.10. The average molecular weight is 383 g/mol. The highest BCUT2D eigenvalue weighted by molar-refractivity contribution is 7.20. The molecule has 0 saturated heterocycles. The Bertz CT molecular complexity index is 1010. The minimum absolute atomic E-state index is 0.197. The SMILES string of the molecule is Cc1nn(-c2cccc(C(F)(F)F)c2)c2sc(C(=O)OCC(N)=O)cc12. The lowest BCUT2D eigenvalue weighted by Crippen LogP contribution is -2.20. The lowest BCUT2D eigenvalue weighted by molar-refractivity contribution is -0.137. The van der Waals surface area contributed by atoms with Crippen molar-refractivity contribution in [3.8, 4) is 5.69 Å². The number of ether oxygens (including phenoxy) is 1. The van der Waals surface area contributed by atoms with Gasteiger partial charge in [0.2, 0.25) is 0 Å². The minimum Gasteiger partial charge on any atom is -0.451 e. The van der Waals surface area contributed by atoms with E-state index in [1.165, 1.54) is 22.9 Å². The first-order valence-electron chi connectivity index (χ1n) is 7.29. The lowest BCUT2D eigenvalue weighted by atomic mass is 10.2. The van der Waals surface area contributed by atoms with Gasteiger partial charge in [-0.05, 0) is 31.2 Å². The van der Waals surface area contributed by atoms with E-state index in [1.807, 2.05) is 0 Å². The number of aromatic nitrogens is 2. The van der Waals surface area contributed by atoms with Crippen LogP contribution in [0.2, 0.25) is 0 Å². The van der Waals surface area contributed by atoms with Crippen LogP contribution in [-0.2, 0) is 15.7 Å². The van der Waals surface area contributed by atoms with Gasteiger partial charge in [0.15, 0.2) is 6.61 Å². The van der Waals surface area contributed by atoms with Gasteiger partial charge in [-0.25, -0.2) is 9.48 Å². The molecule has 10 heteroatoms. The molecule has 0 atom stereocenters. The molecule has 3 rings (SSSR count). The Labute approximate surface area is 149 Å². The maximum absolute atomic E-state index is 12.9. The molecule has 2 N–H and O–H groups in total. The van der Waals surface area contributed by atoms with E-state index in [2.05, 4.69) is 5.10 Å². The molecule has 0 spiro atoms. The topological polar surface area (TPSA) is 87.2 Å². The van der Waals surface area contributed by atoms with E-state index in [1.54, 1.807) is 6.92 Å². The number of fused-ring (bicyclic) bond motifs is 1. The van der Waals surface area contributed by atoms with Crippen LogP contribution in [0.4, 0.5) is 13.2 Å². The van der Waals surface area contributed by atoms with Gasteiger partial charge in [0.05, 0.1) is 16.9 Å². The molecule has 0 unspecified atom stereocenters. The molecular weight excluding hydrogens is 371 g/mol. The minimum atomic E-state index is -4.48. The van der Waals surface area contributed by atoms with Gasteiger partial charge in [-0.1, -0.05) is 6.07 Å². The largest absolute Gasteiger partial charge is 0.451 e. The van der Waals surface area contributed by atoms with E-state index >= 15 is 0 Å². The number of nitrogens with two attached hydrogens (primary N) is 1. The van der Waals surface area contributed by atoms with Gasteiger partial charge in [-0.3, -0.25) is 4.79 Å². The van der Waals surface area contributed by atoms with E-state index in [0.29, 0.717) is 15.9 Å². The molecular formula is C16H12F3N3O3S. The maximum atomic E-state index is 12.9. The molecule has 0 radical (unpaired) electrons. The molecule has 1 aromatic carbocycles. The zero-order valence-corrected chi connectivity index (χ0v) is 14.1. The normalized spacial score (nSPS) is 11.7. The number of carbonyl (C=O) groups excluding carboxylic acids is 2. The second-order valence-electron chi connectivity index (χ2n) is 5.42. The summed E-state index contributed by atoms with van der Waals surface area (Å²) in [5, 5.41) is 4.86. The summed E-state index contributed by atoms with van der Waals surface area (Å²) in [6.07, 6.45) is -4.48. The number of amides is 1. The van der Waals surface area contributed by atoms with Crippen molar-refractivity contribution in [3.05, 3.63) is 46.5 Å². The molecule has 0 bridgehead atoms. The Kier molecular flexibility index (Phi) is 4.45. The summed E-state index contributed by atoms with van der Waals surface area (Å²) in [6.45, 7) is 1.13. The van der Waals surface area contributed by atoms with Crippen LogP contribution in [-0.4, -0.2) is 28.3 Å². The van der Waals surface area contributed by atoms with Crippen LogP contribution in [0.1, 0.15) is 20.9 Å². The van der Waals surface area contributed by atoms with Gasteiger partial charge in [0.25, 0.3) is 5.91 Å².